The molecule has 0 radical (unpaired) electrons. The summed E-state index contributed by atoms with van der Waals surface area (Å²) in [6, 6.07) is 18.1. The summed E-state index contributed by atoms with van der Waals surface area (Å²) in [7, 11) is 1.67. The number of hydrogen-bond donors (Lipinski definition) is 0. The Morgan fingerprint density at radius 2 is 1.65 bits per heavy atom. The Kier molecular flexibility index (Phi) is 7.26. The Balaban J connectivity index is 2.47. The van der Waals surface area contributed by atoms with E-state index in [-0.39, 0.29) is 5.97 Å². The molecule has 3 nitrogen and oxygen atoms in total. The predicted octanol–water partition coefficient (Wildman–Crippen LogP) is 5.08. The van der Waals surface area contributed by atoms with E-state index in [1.165, 1.54) is 0 Å². The van der Waals surface area contributed by atoms with Crippen LogP contribution >= 0.6 is 0 Å². The van der Waals surface area contributed by atoms with Crippen molar-refractivity contribution in [2.24, 2.45) is 11.3 Å². The fraction of sp³-hybridized carbons (Fsp3) is 0.435. The number of carbonyl (C=O) groups excluding carboxylic acids is 1. The van der Waals surface area contributed by atoms with E-state index in [0.717, 1.165) is 23.3 Å². The van der Waals surface area contributed by atoms with Gasteiger partial charge in [-0.15, -0.1) is 0 Å². The average Bonchev–Trinajstić information content (AvgIpc) is 2.62. The van der Waals surface area contributed by atoms with Gasteiger partial charge in [0.25, 0.3) is 0 Å². The molecule has 0 heterocycles. The van der Waals surface area contributed by atoms with Crippen molar-refractivity contribution in [3.05, 3.63) is 65.7 Å². The van der Waals surface area contributed by atoms with E-state index in [2.05, 4.69) is 26.0 Å². The Labute approximate surface area is 157 Å². The second-order valence-corrected chi connectivity index (χ2v) is 7.25. The van der Waals surface area contributed by atoms with Gasteiger partial charge in [-0.25, -0.2) is 0 Å². The van der Waals surface area contributed by atoms with Crippen LogP contribution in [0.1, 0.15) is 38.3 Å². The molecule has 0 spiro atoms. The van der Waals surface area contributed by atoms with E-state index >= 15 is 0 Å². The molecule has 140 valence electrons. The minimum atomic E-state index is -0.611. The van der Waals surface area contributed by atoms with E-state index in [9.17, 15) is 4.79 Å². The van der Waals surface area contributed by atoms with Crippen LogP contribution in [0.4, 0.5) is 0 Å². The van der Waals surface area contributed by atoms with E-state index in [1.54, 1.807) is 7.11 Å². The highest BCUT2D eigenvalue weighted by atomic mass is 16.5. The molecule has 0 aliphatic heterocycles. The molecule has 26 heavy (non-hydrogen) atoms. The molecule has 2 rings (SSSR count). The number of ether oxygens (including phenoxy) is 2. The van der Waals surface area contributed by atoms with E-state index in [4.69, 9.17) is 9.47 Å². The van der Waals surface area contributed by atoms with Gasteiger partial charge in [0.05, 0.1) is 19.1 Å². The lowest BCUT2D eigenvalue weighted by Gasteiger charge is -2.34. The van der Waals surface area contributed by atoms with Crippen LogP contribution in [0.2, 0.25) is 0 Å². The number of rotatable bonds is 9. The van der Waals surface area contributed by atoms with Crippen molar-refractivity contribution in [2.75, 3.05) is 13.7 Å². The first-order valence-corrected chi connectivity index (χ1v) is 9.34. The minimum absolute atomic E-state index is 0.122. The maximum absolute atomic E-state index is 13.1. The SMILES string of the molecule is CCOC(=O)C(Cc1ccccc1)(Cc1ccccc1OC)CC(C)C. The topological polar surface area (TPSA) is 35.5 Å². The highest BCUT2D eigenvalue weighted by Gasteiger charge is 2.41. The Morgan fingerprint density at radius 1 is 1.00 bits per heavy atom. The molecule has 3 heteroatoms. The van der Waals surface area contributed by atoms with Gasteiger partial charge in [-0.2, -0.15) is 0 Å². The van der Waals surface area contributed by atoms with Crippen LogP contribution in [0.3, 0.4) is 0 Å². The highest BCUT2D eigenvalue weighted by Crippen LogP contribution is 2.38. The van der Waals surface area contributed by atoms with Gasteiger partial charge in [0.2, 0.25) is 0 Å². The Hall–Kier alpha value is -2.29. The number of hydrogen-bond acceptors (Lipinski definition) is 3. The zero-order valence-electron chi connectivity index (χ0n) is 16.3. The maximum Gasteiger partial charge on any atom is 0.312 e. The van der Waals surface area contributed by atoms with Crippen LogP contribution in [-0.2, 0) is 22.4 Å². The van der Waals surface area contributed by atoms with Crippen LogP contribution in [0.5, 0.6) is 5.75 Å². The number of para-hydroxylation sites is 1. The molecular weight excluding hydrogens is 324 g/mol. The number of benzene rings is 2. The fourth-order valence-corrected chi connectivity index (χ4v) is 3.70. The van der Waals surface area contributed by atoms with Crippen molar-refractivity contribution >= 4 is 5.97 Å². The first-order chi connectivity index (χ1) is 12.5. The van der Waals surface area contributed by atoms with Gasteiger partial charge < -0.3 is 9.47 Å². The van der Waals surface area contributed by atoms with Gasteiger partial charge in [0.15, 0.2) is 0 Å². The predicted molar refractivity (Wildman–Crippen MR) is 105 cm³/mol. The lowest BCUT2D eigenvalue weighted by atomic mass is 9.71. The van der Waals surface area contributed by atoms with Gasteiger partial charge >= 0.3 is 5.97 Å². The first kappa shape index (κ1) is 20.0. The summed E-state index contributed by atoms with van der Waals surface area (Å²) in [5.74, 6) is 1.07. The first-order valence-electron chi connectivity index (χ1n) is 9.34. The third-order valence-electron chi connectivity index (χ3n) is 4.61. The Morgan fingerprint density at radius 3 is 2.27 bits per heavy atom. The molecular formula is C23H30O3. The van der Waals surface area contributed by atoms with Crippen molar-refractivity contribution < 1.29 is 14.3 Å². The van der Waals surface area contributed by atoms with E-state index in [1.807, 2.05) is 49.4 Å². The summed E-state index contributed by atoms with van der Waals surface area (Å²) < 4.78 is 11.1. The molecule has 0 saturated heterocycles. The monoisotopic (exact) mass is 354 g/mol. The van der Waals surface area contributed by atoms with Crippen LogP contribution in [0.25, 0.3) is 0 Å². The van der Waals surface area contributed by atoms with Gasteiger partial charge in [-0.05, 0) is 49.3 Å². The van der Waals surface area contributed by atoms with Crippen LogP contribution < -0.4 is 4.74 Å². The minimum Gasteiger partial charge on any atom is -0.496 e. The van der Waals surface area contributed by atoms with Crippen molar-refractivity contribution in [1.29, 1.82) is 0 Å². The summed E-state index contributed by atoms with van der Waals surface area (Å²) in [6.45, 7) is 6.56. The summed E-state index contributed by atoms with van der Waals surface area (Å²) in [5, 5.41) is 0. The van der Waals surface area contributed by atoms with Crippen LogP contribution in [-0.4, -0.2) is 19.7 Å². The molecule has 0 aromatic heterocycles. The van der Waals surface area contributed by atoms with Crippen molar-refractivity contribution in [3.8, 4) is 5.75 Å². The number of methoxy groups -OCH3 is 1. The van der Waals surface area contributed by atoms with Crippen molar-refractivity contribution in [2.45, 2.75) is 40.0 Å². The smallest absolute Gasteiger partial charge is 0.312 e. The highest BCUT2D eigenvalue weighted by molar-refractivity contribution is 5.78. The molecule has 1 atom stereocenters. The van der Waals surface area contributed by atoms with Gasteiger partial charge in [-0.1, -0.05) is 62.4 Å². The van der Waals surface area contributed by atoms with E-state index in [0.29, 0.717) is 25.4 Å². The molecule has 0 aliphatic rings. The van der Waals surface area contributed by atoms with Crippen LogP contribution in [0.15, 0.2) is 54.6 Å². The molecule has 0 aliphatic carbocycles. The van der Waals surface area contributed by atoms with Gasteiger partial charge in [0.1, 0.15) is 5.75 Å². The summed E-state index contributed by atoms with van der Waals surface area (Å²) >= 11 is 0. The zero-order chi connectivity index (χ0) is 19.0. The summed E-state index contributed by atoms with van der Waals surface area (Å²) in [4.78, 5) is 13.1. The van der Waals surface area contributed by atoms with E-state index < -0.39 is 5.41 Å². The second-order valence-electron chi connectivity index (χ2n) is 7.25. The molecule has 0 N–H and O–H groups in total. The number of carbonyl (C=O) groups is 1. The maximum atomic E-state index is 13.1. The molecule has 0 amide bonds. The fourth-order valence-electron chi connectivity index (χ4n) is 3.70. The normalized spacial score (nSPS) is 13.3. The Bertz CT molecular complexity index is 694. The molecule has 0 saturated carbocycles. The lowest BCUT2D eigenvalue weighted by Crippen LogP contribution is -2.39. The van der Waals surface area contributed by atoms with Gasteiger partial charge in [0, 0.05) is 0 Å². The summed E-state index contributed by atoms with van der Waals surface area (Å²) in [5.41, 5.74) is 1.58. The average molecular weight is 354 g/mol. The molecule has 2 aromatic carbocycles. The molecule has 0 fully saturated rings. The standard InChI is InChI=1S/C23H30O3/c1-5-26-22(24)23(15-18(2)3,16-19-11-7-6-8-12-19)17-20-13-9-10-14-21(20)25-4/h6-14,18H,5,15-17H2,1-4H3. The van der Waals surface area contributed by atoms with Crippen molar-refractivity contribution in [3.63, 3.8) is 0 Å². The van der Waals surface area contributed by atoms with Gasteiger partial charge in [-0.3, -0.25) is 4.79 Å². The quantitative estimate of drug-likeness (QED) is 0.589. The largest absolute Gasteiger partial charge is 0.496 e. The second kappa shape index (κ2) is 9.42. The number of esters is 1. The molecule has 2 aromatic rings. The zero-order valence-corrected chi connectivity index (χ0v) is 16.3. The van der Waals surface area contributed by atoms with Crippen molar-refractivity contribution in [1.82, 2.24) is 0 Å². The summed E-state index contributed by atoms with van der Waals surface area (Å²) in [6.07, 6.45) is 2.02. The van der Waals surface area contributed by atoms with Crippen LogP contribution in [0, 0.1) is 11.3 Å². The third kappa shape index (κ3) is 5.10. The molecule has 1 unspecified atom stereocenters. The third-order valence-corrected chi connectivity index (χ3v) is 4.61. The molecule has 0 bridgehead atoms. The lowest BCUT2D eigenvalue weighted by molar-refractivity contribution is -0.156.